The van der Waals surface area contributed by atoms with E-state index < -0.39 is 18.5 Å². The predicted molar refractivity (Wildman–Crippen MR) is 116 cm³/mol. The third kappa shape index (κ3) is 4.81. The molecule has 0 fully saturated rings. The van der Waals surface area contributed by atoms with Crippen molar-refractivity contribution in [1.82, 2.24) is 19.6 Å². The monoisotopic (exact) mass is 429 g/mol. The number of carbonyl (C=O) groups excluding carboxylic acids is 2. The van der Waals surface area contributed by atoms with Crippen molar-refractivity contribution in [2.24, 2.45) is 10.2 Å². The van der Waals surface area contributed by atoms with Crippen LogP contribution >= 0.6 is 0 Å². The average Bonchev–Trinajstić information content (AvgIpc) is 3.31. The van der Waals surface area contributed by atoms with Crippen LogP contribution in [0.1, 0.15) is 23.0 Å². The van der Waals surface area contributed by atoms with Gasteiger partial charge in [0.2, 0.25) is 0 Å². The number of aromatic nitrogens is 4. The van der Waals surface area contributed by atoms with E-state index in [0.29, 0.717) is 29.3 Å². The molecule has 0 bridgehead atoms. The van der Waals surface area contributed by atoms with E-state index in [9.17, 15) is 9.59 Å². The molecule has 0 aliphatic carbocycles. The number of aryl methyl sites for hydroxylation is 1. The molecule has 0 atom stereocenters. The van der Waals surface area contributed by atoms with Gasteiger partial charge in [-0.1, -0.05) is 25.1 Å². The second-order valence-electron chi connectivity index (χ2n) is 6.65. The molecule has 0 saturated carbocycles. The van der Waals surface area contributed by atoms with Crippen molar-refractivity contribution in [2.45, 2.75) is 13.3 Å². The van der Waals surface area contributed by atoms with Gasteiger partial charge in [-0.3, -0.25) is 4.79 Å². The summed E-state index contributed by atoms with van der Waals surface area (Å²) in [7, 11) is 0. The molecule has 0 unspecified atom stereocenters. The fourth-order valence-electron chi connectivity index (χ4n) is 2.96. The van der Waals surface area contributed by atoms with Crippen LogP contribution in [0.2, 0.25) is 0 Å². The first-order valence-corrected chi connectivity index (χ1v) is 9.85. The first-order chi connectivity index (χ1) is 15.6. The largest absolute Gasteiger partial charge is 0.452 e. The van der Waals surface area contributed by atoms with Gasteiger partial charge in [0, 0.05) is 11.9 Å². The van der Waals surface area contributed by atoms with Crippen LogP contribution in [0.3, 0.4) is 0 Å². The summed E-state index contributed by atoms with van der Waals surface area (Å²) in [5.41, 5.74) is 2.78. The van der Waals surface area contributed by atoms with Crippen molar-refractivity contribution in [1.29, 1.82) is 0 Å². The third-order valence-electron chi connectivity index (χ3n) is 4.48. The number of carbonyl (C=O) groups is 2. The lowest BCUT2D eigenvalue weighted by Crippen LogP contribution is -2.22. The van der Waals surface area contributed by atoms with Gasteiger partial charge in [0.1, 0.15) is 6.33 Å². The summed E-state index contributed by atoms with van der Waals surface area (Å²) in [6, 6.07) is 16.2. The van der Waals surface area contributed by atoms with Gasteiger partial charge in [-0.25, -0.2) is 14.3 Å². The van der Waals surface area contributed by atoms with E-state index in [0.717, 1.165) is 5.69 Å². The zero-order valence-electron chi connectivity index (χ0n) is 17.2. The predicted octanol–water partition coefficient (Wildman–Crippen LogP) is 3.90. The topological polar surface area (TPSA) is 123 Å². The van der Waals surface area contributed by atoms with Crippen molar-refractivity contribution in [2.75, 3.05) is 11.9 Å². The Morgan fingerprint density at radius 3 is 2.44 bits per heavy atom. The molecule has 2 aromatic heterocycles. The van der Waals surface area contributed by atoms with Gasteiger partial charge >= 0.3 is 5.97 Å². The fourth-order valence-corrected chi connectivity index (χ4v) is 2.96. The molecule has 4 rings (SSSR count). The minimum atomic E-state index is -0.654. The van der Waals surface area contributed by atoms with Crippen LogP contribution in [0, 0.1) is 0 Å². The van der Waals surface area contributed by atoms with Crippen LogP contribution in [0.15, 0.2) is 77.3 Å². The van der Waals surface area contributed by atoms with Crippen molar-refractivity contribution < 1.29 is 14.3 Å². The number of anilines is 1. The highest BCUT2D eigenvalue weighted by Crippen LogP contribution is 2.20. The molecular formula is C22H19N7O3. The molecule has 10 heteroatoms. The number of rotatable bonds is 7. The lowest BCUT2D eigenvalue weighted by Gasteiger charge is -2.09. The summed E-state index contributed by atoms with van der Waals surface area (Å²) in [5, 5.41) is 15.0. The molecule has 32 heavy (non-hydrogen) atoms. The highest BCUT2D eigenvalue weighted by Gasteiger charge is 2.18. The minimum absolute atomic E-state index is 0.242. The number of hydrogen-bond donors (Lipinski definition) is 1. The van der Waals surface area contributed by atoms with Gasteiger partial charge in [0.25, 0.3) is 11.7 Å². The highest BCUT2D eigenvalue weighted by atomic mass is 16.5. The van der Waals surface area contributed by atoms with E-state index in [-0.39, 0.29) is 5.56 Å². The van der Waals surface area contributed by atoms with Crippen molar-refractivity contribution >= 4 is 34.7 Å². The number of azo groups is 1. The molecular weight excluding hydrogens is 410 g/mol. The Kier molecular flexibility index (Phi) is 6.21. The Morgan fingerprint density at radius 1 is 1.00 bits per heavy atom. The summed E-state index contributed by atoms with van der Waals surface area (Å²) in [6.45, 7) is 1.44. The molecule has 0 radical (unpaired) electrons. The van der Waals surface area contributed by atoms with Crippen molar-refractivity contribution in [3.05, 3.63) is 78.4 Å². The molecule has 0 spiro atoms. The van der Waals surface area contributed by atoms with Crippen LogP contribution < -0.4 is 5.32 Å². The van der Waals surface area contributed by atoms with Crippen molar-refractivity contribution in [3.8, 4) is 0 Å². The summed E-state index contributed by atoms with van der Waals surface area (Å²) in [4.78, 5) is 32.7. The molecule has 0 saturated heterocycles. The van der Waals surface area contributed by atoms with Gasteiger partial charge < -0.3 is 10.1 Å². The first-order valence-electron chi connectivity index (χ1n) is 9.85. The Labute approximate surface area is 183 Å². The molecule has 0 aliphatic rings. The normalized spacial score (nSPS) is 11.0. The summed E-state index contributed by atoms with van der Waals surface area (Å²) in [5.74, 6) is -0.730. The number of benzene rings is 2. The Morgan fingerprint density at radius 2 is 1.72 bits per heavy atom. The van der Waals surface area contributed by atoms with Gasteiger partial charge in [-0.05, 0) is 42.8 Å². The lowest BCUT2D eigenvalue weighted by atomic mass is 10.2. The minimum Gasteiger partial charge on any atom is -0.452 e. The zero-order chi connectivity index (χ0) is 22.3. The van der Waals surface area contributed by atoms with Crippen LogP contribution in [-0.2, 0) is 16.0 Å². The first kappa shape index (κ1) is 20.8. The van der Waals surface area contributed by atoms with Crippen LogP contribution in [0.25, 0.3) is 5.78 Å². The lowest BCUT2D eigenvalue weighted by molar-refractivity contribution is -0.119. The van der Waals surface area contributed by atoms with E-state index in [1.807, 2.05) is 37.3 Å². The number of fused-ring (bicyclic) bond motifs is 1. The number of amides is 1. The van der Waals surface area contributed by atoms with E-state index >= 15 is 0 Å². The number of ether oxygens (including phenoxy) is 1. The van der Waals surface area contributed by atoms with Gasteiger partial charge in [0.15, 0.2) is 6.61 Å². The number of hydrogen-bond acceptors (Lipinski definition) is 8. The van der Waals surface area contributed by atoms with E-state index in [4.69, 9.17) is 4.74 Å². The molecule has 4 aromatic rings. The van der Waals surface area contributed by atoms with Crippen molar-refractivity contribution in [3.63, 3.8) is 0 Å². The molecule has 2 heterocycles. The standard InChI is InChI=1S/C22H19N7O3/c1-2-19-18(12-23-22-24-14-25-29(19)22)21(31)32-13-20(30)26-15-8-10-17(11-9-15)28-27-16-6-4-3-5-7-16/h3-12,14H,2,13H2,1H3,(H,26,30). The Hall–Kier alpha value is -4.47. The van der Waals surface area contributed by atoms with Crippen LogP contribution in [0.5, 0.6) is 0 Å². The smallest absolute Gasteiger partial charge is 0.342 e. The van der Waals surface area contributed by atoms with Crippen LogP contribution in [-0.4, -0.2) is 38.1 Å². The molecule has 1 amide bonds. The SMILES string of the molecule is CCc1c(C(=O)OCC(=O)Nc2ccc(N=Nc3ccccc3)cc2)cnc2ncnn12. The third-order valence-corrected chi connectivity index (χ3v) is 4.48. The van der Waals surface area contributed by atoms with E-state index in [1.54, 1.807) is 24.3 Å². The van der Waals surface area contributed by atoms with E-state index in [2.05, 4.69) is 30.6 Å². The summed E-state index contributed by atoms with van der Waals surface area (Å²) in [6.07, 6.45) is 3.26. The maximum atomic E-state index is 12.5. The molecule has 10 nitrogen and oxygen atoms in total. The van der Waals surface area contributed by atoms with E-state index in [1.165, 1.54) is 17.0 Å². The highest BCUT2D eigenvalue weighted by molar-refractivity contribution is 5.96. The van der Waals surface area contributed by atoms with Crippen LogP contribution in [0.4, 0.5) is 17.1 Å². The van der Waals surface area contributed by atoms with Gasteiger partial charge in [-0.15, -0.1) is 0 Å². The maximum absolute atomic E-state index is 12.5. The Bertz CT molecular complexity index is 1270. The molecule has 160 valence electrons. The Balaban J connectivity index is 1.33. The average molecular weight is 429 g/mol. The second kappa shape index (κ2) is 9.56. The maximum Gasteiger partial charge on any atom is 0.342 e. The number of esters is 1. The number of nitrogens with one attached hydrogen (secondary N) is 1. The molecule has 2 aromatic carbocycles. The molecule has 1 N–H and O–H groups in total. The fraction of sp³-hybridized carbons (Fsp3) is 0.136. The molecule has 0 aliphatic heterocycles. The van der Waals surface area contributed by atoms with Gasteiger partial charge in [0.05, 0.1) is 22.6 Å². The number of nitrogens with zero attached hydrogens (tertiary/aromatic N) is 6. The van der Waals surface area contributed by atoms with Gasteiger partial charge in [-0.2, -0.15) is 20.3 Å². The zero-order valence-corrected chi connectivity index (χ0v) is 17.2. The quantitative estimate of drug-likeness (QED) is 0.351. The summed E-state index contributed by atoms with van der Waals surface area (Å²) < 4.78 is 6.63. The second-order valence-corrected chi connectivity index (χ2v) is 6.65. The summed E-state index contributed by atoms with van der Waals surface area (Å²) >= 11 is 0.